The van der Waals surface area contributed by atoms with E-state index in [-0.39, 0.29) is 22.2 Å². The van der Waals surface area contributed by atoms with Crippen molar-refractivity contribution in [3.05, 3.63) is 23.5 Å². The second kappa shape index (κ2) is 6.25. The summed E-state index contributed by atoms with van der Waals surface area (Å²) in [6, 6.07) is 2.79. The Morgan fingerprint density at radius 1 is 1.25 bits per heavy atom. The number of carbonyl (C=O) groups excluding carboxylic acids is 2. The number of hydrogen-bond donors (Lipinski definition) is 2. The van der Waals surface area contributed by atoms with Gasteiger partial charge in [-0.3, -0.25) is 0 Å². The van der Waals surface area contributed by atoms with E-state index in [9.17, 15) is 19.6 Å². The van der Waals surface area contributed by atoms with Crippen molar-refractivity contribution in [2.45, 2.75) is 33.3 Å². The third-order valence-corrected chi connectivity index (χ3v) is 3.18. The Kier molecular flexibility index (Phi) is 4.68. The molecule has 24 heavy (non-hydrogen) atoms. The van der Waals surface area contributed by atoms with Crippen LogP contribution in [0.2, 0.25) is 0 Å². The number of rotatable bonds is 2. The number of fused-ring (bicyclic) bond motifs is 1. The van der Waals surface area contributed by atoms with E-state index in [2.05, 4.69) is 4.98 Å². The van der Waals surface area contributed by atoms with Gasteiger partial charge in [0.15, 0.2) is 0 Å². The maximum absolute atomic E-state index is 12.5. The fraction of sp³-hybridized carbons (Fsp3) is 0.400. The van der Waals surface area contributed by atoms with E-state index in [1.807, 2.05) is 0 Å². The summed E-state index contributed by atoms with van der Waals surface area (Å²) in [5.74, 6) is -0.769. The average Bonchev–Trinajstić information content (AvgIpc) is 2.82. The molecule has 0 aliphatic carbocycles. The Morgan fingerprint density at radius 2 is 1.88 bits per heavy atom. The molecule has 128 valence electrons. The van der Waals surface area contributed by atoms with Gasteiger partial charge in [0.1, 0.15) is 16.9 Å². The summed E-state index contributed by atoms with van der Waals surface area (Å²) in [5.41, 5.74) is -0.228. The van der Waals surface area contributed by atoms with Crippen LogP contribution in [-0.4, -0.2) is 51.5 Å². The van der Waals surface area contributed by atoms with Crippen LogP contribution in [0.1, 0.15) is 37.0 Å². The highest BCUT2D eigenvalue weighted by atomic mass is 16.6. The third-order valence-electron chi connectivity index (χ3n) is 3.18. The van der Waals surface area contributed by atoms with E-state index in [0.717, 1.165) is 4.57 Å². The van der Waals surface area contributed by atoms with Crippen molar-refractivity contribution in [1.29, 1.82) is 0 Å². The van der Waals surface area contributed by atoms with Gasteiger partial charge in [0.2, 0.25) is 0 Å². The predicted molar refractivity (Wildman–Crippen MR) is 87.3 cm³/mol. The molecule has 2 rings (SSSR count). The zero-order valence-electron chi connectivity index (χ0n) is 14.2. The van der Waals surface area contributed by atoms with Crippen molar-refractivity contribution in [2.75, 3.05) is 7.11 Å². The van der Waals surface area contributed by atoms with Crippen LogP contribution in [-0.2, 0) is 9.47 Å². The summed E-state index contributed by atoms with van der Waals surface area (Å²) in [4.78, 5) is 28.8. The van der Waals surface area contributed by atoms with Crippen molar-refractivity contribution in [3.63, 3.8) is 0 Å². The SMILES string of the molecule is COC(=O)c1cc2c(B(O)O)cc(C)nc2n1C(=O)OC(C)(C)C. The molecule has 0 amide bonds. The van der Waals surface area contributed by atoms with Gasteiger partial charge in [-0.2, -0.15) is 0 Å². The van der Waals surface area contributed by atoms with E-state index in [4.69, 9.17) is 9.47 Å². The van der Waals surface area contributed by atoms with Gasteiger partial charge in [0.05, 0.1) is 7.11 Å². The molecule has 0 radical (unpaired) electrons. The quantitative estimate of drug-likeness (QED) is 0.611. The van der Waals surface area contributed by atoms with Crippen LogP contribution in [0.25, 0.3) is 11.0 Å². The summed E-state index contributed by atoms with van der Waals surface area (Å²) in [6.07, 6.45) is -0.811. The minimum atomic E-state index is -1.78. The number of pyridine rings is 1. The van der Waals surface area contributed by atoms with Crippen molar-refractivity contribution in [1.82, 2.24) is 9.55 Å². The van der Waals surface area contributed by atoms with E-state index < -0.39 is 24.8 Å². The standard InChI is InChI=1S/C15H19BN2O6/c1-8-6-10(16(21)22)9-7-11(13(19)23-5)18(12(9)17-8)14(20)24-15(2,3)4/h6-7,21-22H,1-5H3. The molecule has 0 saturated heterocycles. The summed E-state index contributed by atoms with van der Waals surface area (Å²) >= 11 is 0. The number of aromatic nitrogens is 2. The summed E-state index contributed by atoms with van der Waals surface area (Å²) < 4.78 is 11.0. The number of nitrogens with zero attached hydrogens (tertiary/aromatic N) is 2. The molecule has 2 aromatic rings. The molecule has 0 aliphatic heterocycles. The van der Waals surface area contributed by atoms with Gasteiger partial charge < -0.3 is 19.5 Å². The highest BCUT2D eigenvalue weighted by molar-refractivity contribution is 6.62. The van der Waals surface area contributed by atoms with Crippen molar-refractivity contribution < 1.29 is 29.1 Å². The molecule has 2 heterocycles. The van der Waals surface area contributed by atoms with Gasteiger partial charge >= 0.3 is 19.2 Å². The molecule has 0 saturated carbocycles. The summed E-state index contributed by atoms with van der Waals surface area (Å²) in [6.45, 7) is 6.71. The van der Waals surface area contributed by atoms with Gasteiger partial charge in [0.25, 0.3) is 0 Å². The number of ether oxygens (including phenoxy) is 2. The number of carbonyl (C=O) groups is 2. The molecule has 0 aromatic carbocycles. The van der Waals surface area contributed by atoms with Crippen molar-refractivity contribution in [3.8, 4) is 0 Å². The highest BCUT2D eigenvalue weighted by Crippen LogP contribution is 2.21. The molecule has 0 bridgehead atoms. The number of methoxy groups -OCH3 is 1. The zero-order valence-corrected chi connectivity index (χ0v) is 14.2. The lowest BCUT2D eigenvalue weighted by Gasteiger charge is -2.20. The molecule has 0 fully saturated rings. The molecule has 0 unspecified atom stereocenters. The van der Waals surface area contributed by atoms with Crippen LogP contribution >= 0.6 is 0 Å². The second-order valence-corrected chi connectivity index (χ2v) is 6.30. The average molecular weight is 334 g/mol. The van der Waals surface area contributed by atoms with E-state index in [0.29, 0.717) is 5.69 Å². The Morgan fingerprint density at radius 3 is 2.38 bits per heavy atom. The molecule has 0 spiro atoms. The minimum absolute atomic E-state index is 0.0905. The van der Waals surface area contributed by atoms with Gasteiger partial charge in [-0.1, -0.05) is 0 Å². The second-order valence-electron chi connectivity index (χ2n) is 6.30. The third kappa shape index (κ3) is 3.41. The maximum atomic E-state index is 12.5. The van der Waals surface area contributed by atoms with Crippen LogP contribution < -0.4 is 5.46 Å². The molecule has 9 heteroatoms. The zero-order chi connectivity index (χ0) is 18.2. The van der Waals surface area contributed by atoms with Crippen molar-refractivity contribution >= 4 is 35.7 Å². The normalized spacial score (nSPS) is 11.5. The van der Waals surface area contributed by atoms with Gasteiger partial charge in [-0.15, -0.1) is 0 Å². The van der Waals surface area contributed by atoms with Crippen LogP contribution in [0.4, 0.5) is 4.79 Å². The lowest BCUT2D eigenvalue weighted by Crippen LogP contribution is -2.32. The smallest absolute Gasteiger partial charge is 0.464 e. The van der Waals surface area contributed by atoms with Gasteiger partial charge in [-0.05, 0) is 45.3 Å². The molecular formula is C15H19BN2O6. The molecule has 2 N–H and O–H groups in total. The number of hydrogen-bond acceptors (Lipinski definition) is 7. The monoisotopic (exact) mass is 334 g/mol. The van der Waals surface area contributed by atoms with Crippen molar-refractivity contribution in [2.24, 2.45) is 0 Å². The minimum Gasteiger partial charge on any atom is -0.464 e. The van der Waals surface area contributed by atoms with E-state index in [1.54, 1.807) is 27.7 Å². The van der Waals surface area contributed by atoms with E-state index in [1.165, 1.54) is 19.2 Å². The first-order valence-corrected chi connectivity index (χ1v) is 7.26. The number of esters is 1. The molecule has 0 atom stereocenters. The topological polar surface area (TPSA) is 111 Å². The summed E-state index contributed by atoms with van der Waals surface area (Å²) in [5, 5.41) is 19.4. The fourth-order valence-electron chi connectivity index (χ4n) is 2.29. The Hall–Kier alpha value is -2.39. The first-order valence-electron chi connectivity index (χ1n) is 7.26. The van der Waals surface area contributed by atoms with Crippen LogP contribution in [0.15, 0.2) is 12.1 Å². The maximum Gasteiger partial charge on any atom is 0.489 e. The molecular weight excluding hydrogens is 315 g/mol. The predicted octanol–water partition coefficient (Wildman–Crippen LogP) is 0.594. The fourth-order valence-corrected chi connectivity index (χ4v) is 2.29. The Balaban J connectivity index is 2.79. The van der Waals surface area contributed by atoms with Crippen LogP contribution in [0, 0.1) is 6.92 Å². The lowest BCUT2D eigenvalue weighted by molar-refractivity contribution is 0.0489. The van der Waals surface area contributed by atoms with E-state index >= 15 is 0 Å². The highest BCUT2D eigenvalue weighted by Gasteiger charge is 2.29. The number of aryl methyl sites for hydroxylation is 1. The first kappa shape index (κ1) is 18.0. The van der Waals surface area contributed by atoms with Crippen LogP contribution in [0.3, 0.4) is 0 Å². The van der Waals surface area contributed by atoms with Gasteiger partial charge in [0, 0.05) is 11.1 Å². The summed E-state index contributed by atoms with van der Waals surface area (Å²) in [7, 11) is -0.603. The van der Waals surface area contributed by atoms with Gasteiger partial charge in [-0.25, -0.2) is 19.1 Å². The van der Waals surface area contributed by atoms with Crippen LogP contribution in [0.5, 0.6) is 0 Å². The largest absolute Gasteiger partial charge is 0.489 e. The lowest BCUT2D eigenvalue weighted by atomic mass is 9.78. The molecule has 0 aliphatic rings. The molecule has 8 nitrogen and oxygen atoms in total. The Bertz CT molecular complexity index is 806. The molecule has 2 aromatic heterocycles. The first-order chi connectivity index (χ1) is 11.0. The Labute approximate surface area is 139 Å².